The molecule has 1 aliphatic heterocycles. The van der Waals surface area contributed by atoms with Crippen molar-refractivity contribution in [2.45, 2.75) is 51.1 Å². The van der Waals surface area contributed by atoms with Gasteiger partial charge in [-0.1, -0.05) is 25.4 Å². The Bertz CT molecular complexity index is 1050. The third kappa shape index (κ3) is 4.24. The number of primary sulfonamides is 1. The van der Waals surface area contributed by atoms with Gasteiger partial charge in [-0.25, -0.2) is 13.6 Å². The third-order valence-electron chi connectivity index (χ3n) is 5.02. The fourth-order valence-corrected chi connectivity index (χ4v) is 4.74. The van der Waals surface area contributed by atoms with Crippen molar-refractivity contribution in [1.29, 1.82) is 0 Å². The number of nitro groups is 1. The Morgan fingerprint density at radius 1 is 1.41 bits per heavy atom. The first-order valence-electron chi connectivity index (χ1n) is 9.31. The van der Waals surface area contributed by atoms with Gasteiger partial charge in [0.2, 0.25) is 10.0 Å². The van der Waals surface area contributed by atoms with E-state index in [1.807, 2.05) is 11.8 Å². The summed E-state index contributed by atoms with van der Waals surface area (Å²) in [6.45, 7) is 7.30. The van der Waals surface area contributed by atoms with Gasteiger partial charge in [-0.2, -0.15) is 5.10 Å². The Balaban J connectivity index is 2.07. The summed E-state index contributed by atoms with van der Waals surface area (Å²) in [5.41, 5.74) is 1.69. The van der Waals surface area contributed by atoms with Crippen LogP contribution in [0.3, 0.4) is 0 Å². The van der Waals surface area contributed by atoms with Crippen LogP contribution in [0.1, 0.15) is 44.0 Å². The first-order valence-corrected chi connectivity index (χ1v) is 11.2. The van der Waals surface area contributed by atoms with Crippen molar-refractivity contribution in [1.82, 2.24) is 9.78 Å². The molecule has 2 aromatic rings. The standard InChI is InChI=1S/C18H24ClN5O4S/c1-11(2)10-23-18(19)17(12(3)21-23)15-5-4-8-22(15)14-7-6-13(29(20,27)28)9-16(14)24(25)26/h6-7,9,11,15H,4-5,8,10H2,1-3H3,(H2,20,27,28). The molecule has 158 valence electrons. The zero-order chi connectivity index (χ0) is 21.5. The Morgan fingerprint density at radius 2 is 2.10 bits per heavy atom. The first-order chi connectivity index (χ1) is 13.5. The molecule has 0 radical (unpaired) electrons. The molecule has 1 saturated heterocycles. The lowest BCUT2D eigenvalue weighted by molar-refractivity contribution is -0.384. The van der Waals surface area contributed by atoms with Crippen molar-refractivity contribution >= 4 is 33.0 Å². The number of anilines is 1. The fraction of sp³-hybridized carbons (Fsp3) is 0.500. The van der Waals surface area contributed by atoms with Crippen LogP contribution >= 0.6 is 11.6 Å². The van der Waals surface area contributed by atoms with Crippen molar-refractivity contribution in [3.8, 4) is 0 Å². The molecular formula is C18H24ClN5O4S. The molecule has 2 heterocycles. The molecule has 0 amide bonds. The number of aryl methyl sites for hydroxylation is 1. The monoisotopic (exact) mass is 441 g/mol. The van der Waals surface area contributed by atoms with Gasteiger partial charge in [-0.05, 0) is 37.8 Å². The average molecular weight is 442 g/mol. The molecule has 1 aliphatic rings. The number of hydrogen-bond acceptors (Lipinski definition) is 6. The van der Waals surface area contributed by atoms with Gasteiger partial charge < -0.3 is 4.90 Å². The molecule has 1 aromatic heterocycles. The number of nitrogens with zero attached hydrogens (tertiary/aromatic N) is 4. The molecule has 0 bridgehead atoms. The third-order valence-corrected chi connectivity index (χ3v) is 6.32. The Kier molecular flexibility index (Phi) is 5.88. The Morgan fingerprint density at radius 3 is 2.69 bits per heavy atom. The lowest BCUT2D eigenvalue weighted by Crippen LogP contribution is -2.24. The van der Waals surface area contributed by atoms with Crippen molar-refractivity contribution in [2.24, 2.45) is 11.1 Å². The molecule has 0 spiro atoms. The van der Waals surface area contributed by atoms with Crippen LogP contribution in [0, 0.1) is 23.0 Å². The second-order valence-electron chi connectivity index (χ2n) is 7.67. The quantitative estimate of drug-likeness (QED) is 0.541. The predicted octanol–water partition coefficient (Wildman–Crippen LogP) is 3.40. The summed E-state index contributed by atoms with van der Waals surface area (Å²) in [5, 5.41) is 21.9. The normalized spacial score (nSPS) is 17.3. The van der Waals surface area contributed by atoms with Crippen LogP contribution in [0.5, 0.6) is 0 Å². The number of nitro benzene ring substituents is 1. The van der Waals surface area contributed by atoms with Gasteiger partial charge in [0.05, 0.1) is 21.6 Å². The molecule has 2 N–H and O–H groups in total. The van der Waals surface area contributed by atoms with E-state index < -0.39 is 14.9 Å². The number of sulfonamides is 1. The van der Waals surface area contributed by atoms with Crippen molar-refractivity contribution < 1.29 is 13.3 Å². The second kappa shape index (κ2) is 7.92. The van der Waals surface area contributed by atoms with E-state index >= 15 is 0 Å². The Labute approximate surface area is 174 Å². The van der Waals surface area contributed by atoms with Crippen LogP contribution < -0.4 is 10.0 Å². The number of halogens is 1. The van der Waals surface area contributed by atoms with Gasteiger partial charge in [-0.3, -0.25) is 14.8 Å². The second-order valence-corrected chi connectivity index (χ2v) is 9.59. The number of rotatable bonds is 6. The van der Waals surface area contributed by atoms with Gasteiger partial charge in [0, 0.05) is 24.7 Å². The van der Waals surface area contributed by atoms with E-state index in [0.29, 0.717) is 29.8 Å². The van der Waals surface area contributed by atoms with Crippen LogP contribution in [-0.4, -0.2) is 29.7 Å². The molecule has 1 unspecified atom stereocenters. The van der Waals surface area contributed by atoms with E-state index in [-0.39, 0.29) is 16.6 Å². The van der Waals surface area contributed by atoms with Crippen LogP contribution in [0.2, 0.25) is 5.15 Å². The number of benzene rings is 1. The number of hydrogen-bond donors (Lipinski definition) is 1. The van der Waals surface area contributed by atoms with Crippen LogP contribution in [0.25, 0.3) is 0 Å². The zero-order valence-electron chi connectivity index (χ0n) is 16.5. The predicted molar refractivity (Wildman–Crippen MR) is 111 cm³/mol. The highest BCUT2D eigenvalue weighted by Crippen LogP contribution is 2.43. The van der Waals surface area contributed by atoms with E-state index in [1.54, 1.807) is 4.68 Å². The fourth-order valence-electron chi connectivity index (χ4n) is 3.84. The molecule has 1 fully saturated rings. The molecule has 29 heavy (non-hydrogen) atoms. The summed E-state index contributed by atoms with van der Waals surface area (Å²) in [7, 11) is -4.04. The highest BCUT2D eigenvalue weighted by molar-refractivity contribution is 7.89. The minimum absolute atomic E-state index is 0.178. The van der Waals surface area contributed by atoms with E-state index in [9.17, 15) is 18.5 Å². The molecule has 1 atom stereocenters. The first kappa shape index (κ1) is 21.5. The van der Waals surface area contributed by atoms with Crippen LogP contribution in [0.15, 0.2) is 23.1 Å². The van der Waals surface area contributed by atoms with Crippen LogP contribution in [0.4, 0.5) is 11.4 Å². The van der Waals surface area contributed by atoms with Gasteiger partial charge in [0.1, 0.15) is 10.8 Å². The summed E-state index contributed by atoms with van der Waals surface area (Å²) < 4.78 is 25.0. The smallest absolute Gasteiger partial charge is 0.293 e. The number of nitrogens with two attached hydrogens (primary N) is 1. The van der Waals surface area contributed by atoms with E-state index in [1.165, 1.54) is 12.1 Å². The summed E-state index contributed by atoms with van der Waals surface area (Å²) >= 11 is 6.64. The summed E-state index contributed by atoms with van der Waals surface area (Å²) in [5.74, 6) is 0.367. The van der Waals surface area contributed by atoms with E-state index in [0.717, 1.165) is 30.2 Å². The maximum absolute atomic E-state index is 11.7. The summed E-state index contributed by atoms with van der Waals surface area (Å²) in [6.07, 6.45) is 1.59. The largest absolute Gasteiger partial charge is 0.359 e. The topological polar surface area (TPSA) is 124 Å². The van der Waals surface area contributed by atoms with Crippen molar-refractivity contribution in [2.75, 3.05) is 11.4 Å². The minimum Gasteiger partial charge on any atom is -0.359 e. The van der Waals surface area contributed by atoms with Crippen molar-refractivity contribution in [3.05, 3.63) is 44.7 Å². The molecular weight excluding hydrogens is 418 g/mol. The SMILES string of the molecule is Cc1nn(CC(C)C)c(Cl)c1C1CCCN1c1ccc(S(N)(=O)=O)cc1[N+](=O)[O-]. The van der Waals surface area contributed by atoms with Gasteiger partial charge >= 0.3 is 0 Å². The number of aromatic nitrogens is 2. The Hall–Kier alpha value is -2.17. The van der Waals surface area contributed by atoms with Gasteiger partial charge in [0.15, 0.2) is 0 Å². The summed E-state index contributed by atoms with van der Waals surface area (Å²) in [4.78, 5) is 12.7. The maximum atomic E-state index is 11.7. The molecule has 3 rings (SSSR count). The van der Waals surface area contributed by atoms with Crippen LogP contribution in [-0.2, 0) is 16.6 Å². The van der Waals surface area contributed by atoms with E-state index in [2.05, 4.69) is 18.9 Å². The lowest BCUT2D eigenvalue weighted by atomic mass is 10.0. The van der Waals surface area contributed by atoms with Crippen molar-refractivity contribution in [3.63, 3.8) is 0 Å². The lowest BCUT2D eigenvalue weighted by Gasteiger charge is -2.27. The molecule has 11 heteroatoms. The highest BCUT2D eigenvalue weighted by Gasteiger charge is 2.35. The van der Waals surface area contributed by atoms with E-state index in [4.69, 9.17) is 16.7 Å². The zero-order valence-corrected chi connectivity index (χ0v) is 18.1. The van der Waals surface area contributed by atoms with Gasteiger partial charge in [0.25, 0.3) is 5.69 Å². The molecule has 0 aliphatic carbocycles. The highest BCUT2D eigenvalue weighted by atomic mass is 35.5. The molecule has 9 nitrogen and oxygen atoms in total. The molecule has 1 aromatic carbocycles. The average Bonchev–Trinajstić information content (AvgIpc) is 3.17. The van der Waals surface area contributed by atoms with Gasteiger partial charge in [-0.15, -0.1) is 0 Å². The summed E-state index contributed by atoms with van der Waals surface area (Å²) in [6, 6.07) is 3.57. The maximum Gasteiger partial charge on any atom is 0.293 e. The molecule has 0 saturated carbocycles. The minimum atomic E-state index is -4.04.